The molecule has 0 bridgehead atoms. The minimum absolute atomic E-state index is 0.159. The second-order valence-corrected chi connectivity index (χ2v) is 9.20. The smallest absolute Gasteiger partial charge is 0.267 e. The average Bonchev–Trinajstić information content (AvgIpc) is 3.46. The van der Waals surface area contributed by atoms with Crippen LogP contribution in [0.5, 0.6) is 0 Å². The highest BCUT2D eigenvalue weighted by atomic mass is 32.1. The van der Waals surface area contributed by atoms with Gasteiger partial charge >= 0.3 is 0 Å². The lowest BCUT2D eigenvalue weighted by Gasteiger charge is -2.33. The number of hydrogen-bond donors (Lipinski definition) is 1. The number of morpholine rings is 2. The number of aromatic nitrogens is 1. The number of nitrogens with one attached hydrogen (secondary N) is 1. The molecule has 2 saturated heterocycles. The second-order valence-electron chi connectivity index (χ2n) is 8.20. The zero-order valence-electron chi connectivity index (χ0n) is 18.9. The topological polar surface area (TPSA) is 80.1 Å². The van der Waals surface area contributed by atoms with Crippen LogP contribution >= 0.6 is 11.3 Å². The predicted octanol–water partition coefficient (Wildman–Crippen LogP) is 3.95. The molecular formula is C24H28N4O4S. The molecular weight excluding hydrogens is 440 g/mol. The lowest BCUT2D eigenvalue weighted by atomic mass is 10.1. The van der Waals surface area contributed by atoms with Crippen molar-refractivity contribution in [1.82, 2.24) is 4.98 Å². The van der Waals surface area contributed by atoms with Crippen LogP contribution in [0.25, 0.3) is 10.8 Å². The molecule has 8 nitrogen and oxygen atoms in total. The van der Waals surface area contributed by atoms with E-state index >= 15 is 0 Å². The van der Waals surface area contributed by atoms with Crippen LogP contribution in [-0.2, 0) is 9.47 Å². The fraction of sp³-hybridized carbons (Fsp3) is 0.417. The fourth-order valence-corrected chi connectivity index (χ4v) is 5.07. The van der Waals surface area contributed by atoms with Crippen molar-refractivity contribution in [2.24, 2.45) is 0 Å². The zero-order chi connectivity index (χ0) is 22.8. The molecule has 0 atom stereocenters. The Hall–Kier alpha value is -2.88. The summed E-state index contributed by atoms with van der Waals surface area (Å²) in [5.74, 6) is 1.34. The van der Waals surface area contributed by atoms with Crippen LogP contribution in [0, 0.1) is 13.8 Å². The van der Waals surface area contributed by atoms with E-state index < -0.39 is 0 Å². The summed E-state index contributed by atoms with van der Waals surface area (Å²) in [5.41, 5.74) is 3.64. The Morgan fingerprint density at radius 3 is 2.33 bits per heavy atom. The minimum atomic E-state index is -0.159. The molecule has 2 aliphatic heterocycles. The first-order valence-electron chi connectivity index (χ1n) is 11.2. The Bertz CT molecular complexity index is 1130. The van der Waals surface area contributed by atoms with E-state index in [1.54, 1.807) is 0 Å². The van der Waals surface area contributed by atoms with Crippen LogP contribution in [0.2, 0.25) is 0 Å². The number of carbonyl (C=O) groups excluding carboxylic acids is 1. The van der Waals surface area contributed by atoms with E-state index in [4.69, 9.17) is 13.9 Å². The molecule has 2 aromatic heterocycles. The number of thiazole rings is 1. The number of carbonyl (C=O) groups is 1. The molecule has 0 aliphatic carbocycles. The van der Waals surface area contributed by atoms with Crippen molar-refractivity contribution in [3.05, 3.63) is 46.7 Å². The summed E-state index contributed by atoms with van der Waals surface area (Å²) in [5, 5.41) is 3.85. The van der Waals surface area contributed by atoms with Gasteiger partial charge in [0.05, 0.1) is 43.5 Å². The van der Waals surface area contributed by atoms with E-state index in [9.17, 15) is 4.79 Å². The highest BCUT2D eigenvalue weighted by Gasteiger charge is 2.22. The van der Waals surface area contributed by atoms with E-state index in [2.05, 4.69) is 32.2 Å². The number of ether oxygens (including phenoxy) is 2. The lowest BCUT2D eigenvalue weighted by Crippen LogP contribution is -2.38. The van der Waals surface area contributed by atoms with Crippen LogP contribution in [-0.4, -0.2) is 63.5 Å². The maximum Gasteiger partial charge on any atom is 0.267 e. The van der Waals surface area contributed by atoms with E-state index in [1.165, 1.54) is 11.3 Å². The Kier molecular flexibility index (Phi) is 6.34. The quantitative estimate of drug-likeness (QED) is 0.607. The van der Waals surface area contributed by atoms with Gasteiger partial charge in [0.1, 0.15) is 10.6 Å². The first-order chi connectivity index (χ1) is 16.1. The molecule has 3 aromatic rings. The summed E-state index contributed by atoms with van der Waals surface area (Å²) in [7, 11) is 0. The fourth-order valence-electron chi connectivity index (χ4n) is 4.15. The monoisotopic (exact) mass is 468 g/mol. The van der Waals surface area contributed by atoms with Gasteiger partial charge in [-0.15, -0.1) is 11.3 Å². The first kappa shape index (κ1) is 21.9. The molecule has 4 heterocycles. The number of nitrogens with zero attached hydrogens (tertiary/aromatic N) is 3. The number of aryl methyl sites for hydroxylation is 2. The number of amides is 1. The average molecular weight is 469 g/mol. The van der Waals surface area contributed by atoms with E-state index in [1.807, 2.05) is 32.0 Å². The normalized spacial score (nSPS) is 16.8. The van der Waals surface area contributed by atoms with E-state index in [0.29, 0.717) is 34.6 Å². The standard InChI is InChI=1S/C24H28N4O4S/c1-16-3-6-21(32-16)24-25-17(2)22(33-24)23(29)26-19-5-4-18(27-7-11-30-12-8-27)15-20(19)28-9-13-31-14-10-28/h3-6,15H,7-14H2,1-2H3,(H,26,29). The molecule has 0 unspecified atom stereocenters. The summed E-state index contributed by atoms with van der Waals surface area (Å²) < 4.78 is 16.7. The number of anilines is 3. The van der Waals surface area contributed by atoms with Gasteiger partial charge in [-0.2, -0.15) is 0 Å². The zero-order valence-corrected chi connectivity index (χ0v) is 19.7. The Morgan fingerprint density at radius 1 is 0.970 bits per heavy atom. The molecule has 2 aliphatic rings. The summed E-state index contributed by atoms with van der Waals surface area (Å²) in [6.45, 7) is 9.87. The second kappa shape index (κ2) is 9.54. The summed E-state index contributed by atoms with van der Waals surface area (Å²) in [6.07, 6.45) is 0. The molecule has 1 amide bonds. The van der Waals surface area contributed by atoms with Crippen molar-refractivity contribution >= 4 is 34.3 Å². The van der Waals surface area contributed by atoms with Gasteiger partial charge in [0.2, 0.25) is 0 Å². The molecule has 0 saturated carbocycles. The van der Waals surface area contributed by atoms with Gasteiger partial charge in [-0.3, -0.25) is 4.79 Å². The molecule has 0 radical (unpaired) electrons. The van der Waals surface area contributed by atoms with Crippen molar-refractivity contribution in [2.75, 3.05) is 67.7 Å². The van der Waals surface area contributed by atoms with Crippen molar-refractivity contribution in [2.45, 2.75) is 13.8 Å². The van der Waals surface area contributed by atoms with Gasteiger partial charge in [-0.05, 0) is 44.2 Å². The van der Waals surface area contributed by atoms with E-state index in [-0.39, 0.29) is 5.91 Å². The van der Waals surface area contributed by atoms with Gasteiger partial charge in [0.15, 0.2) is 10.8 Å². The van der Waals surface area contributed by atoms with Crippen LogP contribution in [0.15, 0.2) is 34.7 Å². The van der Waals surface area contributed by atoms with Crippen LogP contribution in [0.4, 0.5) is 17.1 Å². The molecule has 1 aromatic carbocycles. The van der Waals surface area contributed by atoms with Crippen molar-refractivity contribution in [3.63, 3.8) is 0 Å². The van der Waals surface area contributed by atoms with Gasteiger partial charge in [0, 0.05) is 31.9 Å². The van der Waals surface area contributed by atoms with Gasteiger partial charge < -0.3 is 29.0 Å². The SMILES string of the molecule is Cc1ccc(-c2nc(C)c(C(=O)Nc3ccc(N4CCOCC4)cc3N3CCOCC3)s2)o1. The maximum atomic E-state index is 13.3. The van der Waals surface area contributed by atoms with Gasteiger partial charge in [-0.25, -0.2) is 4.98 Å². The molecule has 2 fully saturated rings. The Balaban J connectivity index is 1.42. The molecule has 174 valence electrons. The van der Waals surface area contributed by atoms with Crippen LogP contribution in [0.1, 0.15) is 21.1 Å². The Labute approximate surface area is 197 Å². The molecule has 33 heavy (non-hydrogen) atoms. The summed E-state index contributed by atoms with van der Waals surface area (Å²) >= 11 is 1.35. The van der Waals surface area contributed by atoms with Crippen molar-refractivity contribution < 1.29 is 18.7 Å². The summed E-state index contributed by atoms with van der Waals surface area (Å²) in [4.78, 5) is 23.0. The van der Waals surface area contributed by atoms with Gasteiger partial charge in [-0.1, -0.05) is 0 Å². The van der Waals surface area contributed by atoms with Crippen molar-refractivity contribution in [3.8, 4) is 10.8 Å². The number of benzene rings is 1. The third kappa shape index (κ3) is 4.75. The minimum Gasteiger partial charge on any atom is -0.459 e. The Morgan fingerprint density at radius 2 is 1.67 bits per heavy atom. The third-order valence-electron chi connectivity index (χ3n) is 5.91. The van der Waals surface area contributed by atoms with Gasteiger partial charge in [0.25, 0.3) is 5.91 Å². The molecule has 9 heteroatoms. The number of hydrogen-bond acceptors (Lipinski definition) is 8. The number of furan rings is 1. The van der Waals surface area contributed by atoms with E-state index in [0.717, 1.165) is 62.2 Å². The third-order valence-corrected chi connectivity index (χ3v) is 7.08. The van der Waals surface area contributed by atoms with Crippen molar-refractivity contribution in [1.29, 1.82) is 0 Å². The molecule has 5 rings (SSSR count). The van der Waals surface area contributed by atoms with Crippen LogP contribution < -0.4 is 15.1 Å². The number of rotatable bonds is 5. The summed E-state index contributed by atoms with van der Waals surface area (Å²) in [6, 6.07) is 10.0. The molecule has 1 N–H and O–H groups in total. The van der Waals surface area contributed by atoms with Crippen LogP contribution in [0.3, 0.4) is 0 Å². The predicted molar refractivity (Wildman–Crippen MR) is 130 cm³/mol. The lowest BCUT2D eigenvalue weighted by molar-refractivity contribution is 0.102. The first-order valence-corrected chi connectivity index (χ1v) is 12.0. The highest BCUT2D eigenvalue weighted by molar-refractivity contribution is 7.17. The molecule has 0 spiro atoms. The highest BCUT2D eigenvalue weighted by Crippen LogP contribution is 2.34. The maximum absolute atomic E-state index is 13.3. The largest absolute Gasteiger partial charge is 0.459 e.